The van der Waals surface area contributed by atoms with E-state index < -0.39 is 0 Å². The van der Waals surface area contributed by atoms with E-state index in [0.29, 0.717) is 0 Å². The van der Waals surface area contributed by atoms with Gasteiger partial charge >= 0.3 is 0 Å². The highest BCUT2D eigenvalue weighted by atomic mass is 35.5. The van der Waals surface area contributed by atoms with Crippen molar-refractivity contribution in [2.45, 2.75) is 26.9 Å². The number of rotatable bonds is 5. The summed E-state index contributed by atoms with van der Waals surface area (Å²) in [6, 6.07) is 5.98. The van der Waals surface area contributed by atoms with E-state index >= 15 is 0 Å². The number of imidazole rings is 1. The second kappa shape index (κ2) is 6.03. The lowest BCUT2D eigenvalue weighted by Crippen LogP contribution is -2.13. The molecule has 1 N–H and O–H groups in total. The molecule has 96 valence electrons. The van der Waals surface area contributed by atoms with Crippen LogP contribution in [0.5, 0.6) is 0 Å². The Labute approximate surface area is 113 Å². The Morgan fingerprint density at radius 3 is 2.89 bits per heavy atom. The van der Waals surface area contributed by atoms with E-state index in [4.69, 9.17) is 11.6 Å². The monoisotopic (exact) mass is 263 g/mol. The summed E-state index contributed by atoms with van der Waals surface area (Å²) < 4.78 is 2.13. The molecule has 2 aromatic rings. The molecule has 0 atom stereocenters. The second-order valence-corrected chi connectivity index (χ2v) is 4.56. The van der Waals surface area contributed by atoms with Gasteiger partial charge in [0.1, 0.15) is 5.82 Å². The maximum absolute atomic E-state index is 6.11. The predicted molar refractivity (Wildman–Crippen MR) is 75.7 cm³/mol. The van der Waals surface area contributed by atoms with Gasteiger partial charge in [0.25, 0.3) is 0 Å². The van der Waals surface area contributed by atoms with E-state index in [-0.39, 0.29) is 0 Å². The van der Waals surface area contributed by atoms with Gasteiger partial charge in [-0.1, -0.05) is 24.6 Å². The zero-order valence-electron chi connectivity index (χ0n) is 10.8. The lowest BCUT2D eigenvalue weighted by Gasteiger charge is -2.11. The third kappa shape index (κ3) is 2.74. The molecule has 2 rings (SSSR count). The Balaban J connectivity index is 2.44. The van der Waals surface area contributed by atoms with Gasteiger partial charge in [0.15, 0.2) is 0 Å². The summed E-state index contributed by atoms with van der Waals surface area (Å²) in [5, 5.41) is 4.09. The first-order valence-corrected chi connectivity index (χ1v) is 6.64. The van der Waals surface area contributed by atoms with Gasteiger partial charge < -0.3 is 9.88 Å². The van der Waals surface area contributed by atoms with Crippen molar-refractivity contribution in [3.63, 3.8) is 0 Å². The van der Waals surface area contributed by atoms with Crippen LogP contribution in [0, 0.1) is 0 Å². The number of nitrogens with one attached hydrogen (secondary N) is 1. The van der Waals surface area contributed by atoms with Gasteiger partial charge in [-0.05, 0) is 31.2 Å². The van der Waals surface area contributed by atoms with Crippen molar-refractivity contribution in [2.75, 3.05) is 6.54 Å². The number of hydrogen-bond acceptors (Lipinski definition) is 2. The van der Waals surface area contributed by atoms with Gasteiger partial charge in [-0.3, -0.25) is 0 Å². The molecule has 0 unspecified atom stereocenters. The van der Waals surface area contributed by atoms with Crippen LogP contribution in [0.2, 0.25) is 5.02 Å². The highest BCUT2D eigenvalue weighted by Crippen LogP contribution is 2.26. The lowest BCUT2D eigenvalue weighted by molar-refractivity contribution is 0.724. The highest BCUT2D eigenvalue weighted by Gasteiger charge is 2.10. The molecule has 0 radical (unpaired) electrons. The van der Waals surface area contributed by atoms with Gasteiger partial charge in [-0.2, -0.15) is 0 Å². The fraction of sp³-hybridized carbons (Fsp3) is 0.357. The fourth-order valence-corrected chi connectivity index (χ4v) is 2.15. The van der Waals surface area contributed by atoms with E-state index in [1.807, 2.05) is 24.5 Å². The largest absolute Gasteiger partial charge is 0.331 e. The van der Waals surface area contributed by atoms with Crippen molar-refractivity contribution in [2.24, 2.45) is 0 Å². The molecule has 1 aromatic carbocycles. The Hall–Kier alpha value is -1.32. The second-order valence-electron chi connectivity index (χ2n) is 4.12. The Kier molecular flexibility index (Phi) is 4.39. The molecule has 1 aromatic heterocycles. The summed E-state index contributed by atoms with van der Waals surface area (Å²) in [6.07, 6.45) is 3.82. The molecule has 0 spiro atoms. The highest BCUT2D eigenvalue weighted by molar-refractivity contribution is 6.30. The SMILES string of the molecule is CCNCc1ccc(Cl)cc1-c1nccn1CC. The molecule has 0 aliphatic carbocycles. The molecule has 0 aliphatic rings. The summed E-state index contributed by atoms with van der Waals surface area (Å²) in [5.74, 6) is 0.980. The average molecular weight is 264 g/mol. The van der Waals surface area contributed by atoms with Crippen LogP contribution >= 0.6 is 11.6 Å². The van der Waals surface area contributed by atoms with Crippen molar-refractivity contribution in [1.82, 2.24) is 14.9 Å². The summed E-state index contributed by atoms with van der Waals surface area (Å²) in [5.41, 5.74) is 2.33. The van der Waals surface area contributed by atoms with E-state index in [1.165, 1.54) is 5.56 Å². The average Bonchev–Trinajstić information content (AvgIpc) is 2.85. The Bertz CT molecular complexity index is 520. The molecule has 0 saturated carbocycles. The van der Waals surface area contributed by atoms with Crippen molar-refractivity contribution < 1.29 is 0 Å². The molecule has 0 amide bonds. The molecule has 1 heterocycles. The number of nitrogens with zero attached hydrogens (tertiary/aromatic N) is 2. The minimum absolute atomic E-state index is 0.746. The number of benzene rings is 1. The number of hydrogen-bond donors (Lipinski definition) is 1. The van der Waals surface area contributed by atoms with E-state index in [1.54, 1.807) is 0 Å². The van der Waals surface area contributed by atoms with Crippen LogP contribution in [0.25, 0.3) is 11.4 Å². The molecule has 3 nitrogen and oxygen atoms in total. The molecule has 0 fully saturated rings. The maximum Gasteiger partial charge on any atom is 0.140 e. The molecule has 18 heavy (non-hydrogen) atoms. The zero-order chi connectivity index (χ0) is 13.0. The Morgan fingerprint density at radius 1 is 1.33 bits per heavy atom. The standard InChI is InChI=1S/C14H18ClN3/c1-3-16-10-11-5-6-12(15)9-13(11)14-17-7-8-18(14)4-2/h5-9,16H,3-4,10H2,1-2H3. The van der Waals surface area contributed by atoms with Crippen LogP contribution in [0.3, 0.4) is 0 Å². The topological polar surface area (TPSA) is 29.9 Å². The quantitative estimate of drug-likeness (QED) is 0.897. The minimum atomic E-state index is 0.746. The van der Waals surface area contributed by atoms with Gasteiger partial charge in [0, 0.05) is 36.1 Å². The minimum Gasteiger partial charge on any atom is -0.331 e. The van der Waals surface area contributed by atoms with Crippen molar-refractivity contribution in [3.8, 4) is 11.4 Å². The first kappa shape index (κ1) is 13.1. The molecule has 4 heteroatoms. The van der Waals surface area contributed by atoms with Crippen LogP contribution in [-0.4, -0.2) is 16.1 Å². The number of halogens is 1. The third-order valence-corrected chi connectivity index (χ3v) is 3.17. The summed E-state index contributed by atoms with van der Waals surface area (Å²) in [7, 11) is 0. The predicted octanol–water partition coefficient (Wildman–Crippen LogP) is 3.33. The molecular weight excluding hydrogens is 246 g/mol. The summed E-state index contributed by atoms with van der Waals surface area (Å²) >= 11 is 6.11. The van der Waals surface area contributed by atoms with Gasteiger partial charge in [-0.25, -0.2) is 4.98 Å². The van der Waals surface area contributed by atoms with Crippen molar-refractivity contribution in [1.29, 1.82) is 0 Å². The van der Waals surface area contributed by atoms with E-state index in [2.05, 4.69) is 34.8 Å². The molecular formula is C14H18ClN3. The van der Waals surface area contributed by atoms with Crippen molar-refractivity contribution in [3.05, 3.63) is 41.2 Å². The van der Waals surface area contributed by atoms with Crippen LogP contribution in [-0.2, 0) is 13.1 Å². The van der Waals surface area contributed by atoms with Gasteiger partial charge in [0.2, 0.25) is 0 Å². The van der Waals surface area contributed by atoms with Crippen LogP contribution < -0.4 is 5.32 Å². The van der Waals surface area contributed by atoms with Gasteiger partial charge in [0.05, 0.1) is 0 Å². The van der Waals surface area contributed by atoms with Crippen LogP contribution in [0.4, 0.5) is 0 Å². The molecule has 0 bridgehead atoms. The lowest BCUT2D eigenvalue weighted by atomic mass is 10.1. The van der Waals surface area contributed by atoms with E-state index in [9.17, 15) is 0 Å². The van der Waals surface area contributed by atoms with Crippen LogP contribution in [0.15, 0.2) is 30.6 Å². The smallest absolute Gasteiger partial charge is 0.140 e. The first-order valence-electron chi connectivity index (χ1n) is 6.27. The first-order chi connectivity index (χ1) is 8.76. The third-order valence-electron chi connectivity index (χ3n) is 2.93. The molecule has 0 aliphatic heterocycles. The molecule has 0 saturated heterocycles. The summed E-state index contributed by atoms with van der Waals surface area (Å²) in [4.78, 5) is 4.44. The number of aromatic nitrogens is 2. The summed E-state index contributed by atoms with van der Waals surface area (Å²) in [6.45, 7) is 6.90. The normalized spacial score (nSPS) is 10.8. The fourth-order valence-electron chi connectivity index (χ4n) is 1.98. The van der Waals surface area contributed by atoms with Crippen molar-refractivity contribution >= 4 is 11.6 Å². The maximum atomic E-state index is 6.11. The number of aryl methyl sites for hydroxylation is 1. The van der Waals surface area contributed by atoms with E-state index in [0.717, 1.165) is 36.0 Å². The van der Waals surface area contributed by atoms with Gasteiger partial charge in [-0.15, -0.1) is 0 Å². The zero-order valence-corrected chi connectivity index (χ0v) is 11.5. The Morgan fingerprint density at radius 2 is 2.17 bits per heavy atom. The van der Waals surface area contributed by atoms with Crippen LogP contribution in [0.1, 0.15) is 19.4 Å².